The molecule has 0 aromatic heterocycles. The monoisotopic (exact) mass is 315 g/mol. The van der Waals surface area contributed by atoms with Crippen LogP contribution in [0.15, 0.2) is 27.7 Å². The lowest BCUT2D eigenvalue weighted by atomic mass is 10.2. The van der Waals surface area contributed by atoms with Crippen LogP contribution in [0.3, 0.4) is 0 Å². The van der Waals surface area contributed by atoms with Crippen molar-refractivity contribution in [3.63, 3.8) is 0 Å². The van der Waals surface area contributed by atoms with Crippen molar-refractivity contribution in [3.8, 4) is 5.75 Å². The molecule has 0 saturated heterocycles. The molecule has 1 aromatic rings. The number of aliphatic imine (C=N–C) groups is 1. The molecule has 0 spiro atoms. The molecule has 1 heterocycles. The van der Waals surface area contributed by atoms with Gasteiger partial charge < -0.3 is 9.84 Å². The van der Waals surface area contributed by atoms with Crippen LogP contribution in [0.5, 0.6) is 5.75 Å². The van der Waals surface area contributed by atoms with E-state index in [9.17, 15) is 4.79 Å². The summed E-state index contributed by atoms with van der Waals surface area (Å²) in [6, 6.07) is 4.97. The van der Waals surface area contributed by atoms with Crippen molar-refractivity contribution in [2.75, 3.05) is 12.9 Å². The third kappa shape index (κ3) is 2.63. The highest BCUT2D eigenvalue weighted by atomic mass is 79.9. The molecule has 6 heteroatoms. The second-order valence-electron chi connectivity index (χ2n) is 3.45. The topological polar surface area (TPSA) is 58.9 Å². The molecule has 4 nitrogen and oxygen atoms in total. The fraction of sp³-hybridized carbons (Fsp3) is 0.273. The van der Waals surface area contributed by atoms with Crippen LogP contribution in [0.4, 0.5) is 0 Å². The number of aliphatic carboxylic acids is 1. The molecule has 1 unspecified atom stereocenters. The number of ether oxygens (including phenoxy) is 1. The Hall–Kier alpha value is -1.01. The summed E-state index contributed by atoms with van der Waals surface area (Å²) in [6.45, 7) is 0. The van der Waals surface area contributed by atoms with Crippen LogP contribution >= 0.6 is 27.7 Å². The summed E-state index contributed by atoms with van der Waals surface area (Å²) in [5, 5.41) is 9.62. The molecule has 0 radical (unpaired) electrons. The van der Waals surface area contributed by atoms with E-state index < -0.39 is 12.0 Å². The molecular formula is C11H10BrNO3S. The van der Waals surface area contributed by atoms with Crippen LogP contribution in [0.2, 0.25) is 0 Å². The van der Waals surface area contributed by atoms with Crippen LogP contribution < -0.4 is 4.74 Å². The average molecular weight is 316 g/mol. The molecule has 0 aliphatic carbocycles. The van der Waals surface area contributed by atoms with Crippen molar-refractivity contribution in [1.82, 2.24) is 0 Å². The first-order chi connectivity index (χ1) is 8.11. The number of rotatable bonds is 3. The van der Waals surface area contributed by atoms with Gasteiger partial charge in [0.25, 0.3) is 0 Å². The van der Waals surface area contributed by atoms with E-state index in [2.05, 4.69) is 20.9 Å². The Morgan fingerprint density at radius 2 is 2.41 bits per heavy atom. The Labute approximate surface area is 111 Å². The van der Waals surface area contributed by atoms with Crippen molar-refractivity contribution in [3.05, 3.63) is 28.2 Å². The van der Waals surface area contributed by atoms with Crippen LogP contribution in [0.1, 0.15) is 5.56 Å². The molecular weight excluding hydrogens is 306 g/mol. The second-order valence-corrected chi connectivity index (χ2v) is 5.31. The van der Waals surface area contributed by atoms with Crippen molar-refractivity contribution in [2.45, 2.75) is 6.04 Å². The maximum Gasteiger partial charge on any atom is 0.329 e. The number of hydrogen-bond donors (Lipinski definition) is 1. The molecule has 1 aliphatic heterocycles. The fourth-order valence-electron chi connectivity index (χ4n) is 1.45. The predicted octanol–water partition coefficient (Wildman–Crippen LogP) is 2.40. The molecule has 1 aromatic carbocycles. The number of hydrogen-bond acceptors (Lipinski definition) is 4. The molecule has 0 saturated carbocycles. The highest BCUT2D eigenvalue weighted by Crippen LogP contribution is 2.30. The van der Waals surface area contributed by atoms with E-state index in [1.54, 1.807) is 7.11 Å². The van der Waals surface area contributed by atoms with Gasteiger partial charge in [0.2, 0.25) is 0 Å². The molecule has 90 valence electrons. The summed E-state index contributed by atoms with van der Waals surface area (Å²) in [5.74, 6) is 0.324. The molecule has 2 rings (SSSR count). The van der Waals surface area contributed by atoms with Gasteiger partial charge in [0.05, 0.1) is 16.6 Å². The van der Waals surface area contributed by atoms with E-state index in [4.69, 9.17) is 9.84 Å². The Kier molecular flexibility index (Phi) is 3.73. The molecule has 1 atom stereocenters. The number of thioether (sulfide) groups is 1. The SMILES string of the molecule is COc1cc(C2=NC(C(=O)O)CS2)ccc1Br. The first-order valence-electron chi connectivity index (χ1n) is 4.89. The Bertz CT molecular complexity index is 490. The summed E-state index contributed by atoms with van der Waals surface area (Å²) in [6.07, 6.45) is 0. The van der Waals surface area contributed by atoms with Crippen LogP contribution in [-0.4, -0.2) is 35.0 Å². The number of halogens is 1. The standard InChI is InChI=1S/C11H10BrNO3S/c1-16-9-4-6(2-3-7(9)12)10-13-8(5-17-10)11(14)15/h2-4,8H,5H2,1H3,(H,14,15). The van der Waals surface area contributed by atoms with Gasteiger partial charge in [-0.2, -0.15) is 0 Å². The first kappa shape index (κ1) is 12.4. The van der Waals surface area contributed by atoms with E-state index in [1.165, 1.54) is 11.8 Å². The zero-order valence-corrected chi connectivity index (χ0v) is 11.4. The molecule has 0 fully saturated rings. The van der Waals surface area contributed by atoms with E-state index >= 15 is 0 Å². The van der Waals surface area contributed by atoms with Gasteiger partial charge >= 0.3 is 5.97 Å². The number of nitrogens with zero attached hydrogens (tertiary/aromatic N) is 1. The largest absolute Gasteiger partial charge is 0.496 e. The van der Waals surface area contributed by atoms with Crippen molar-refractivity contribution < 1.29 is 14.6 Å². The van der Waals surface area contributed by atoms with Gasteiger partial charge in [-0.25, -0.2) is 4.79 Å². The van der Waals surface area contributed by atoms with Crippen LogP contribution in [-0.2, 0) is 4.79 Å². The lowest BCUT2D eigenvalue weighted by Gasteiger charge is -2.05. The second kappa shape index (κ2) is 5.10. The van der Waals surface area contributed by atoms with Crippen LogP contribution in [0, 0.1) is 0 Å². The van der Waals surface area contributed by atoms with E-state index in [0.717, 1.165) is 15.1 Å². The van der Waals surface area contributed by atoms with Crippen molar-refractivity contribution >= 4 is 38.7 Å². The van der Waals surface area contributed by atoms with Crippen molar-refractivity contribution in [2.24, 2.45) is 4.99 Å². The zero-order valence-electron chi connectivity index (χ0n) is 9.01. The number of methoxy groups -OCH3 is 1. The van der Waals surface area contributed by atoms with Crippen molar-refractivity contribution in [1.29, 1.82) is 0 Å². The Balaban J connectivity index is 2.30. The minimum atomic E-state index is -0.878. The number of carboxylic acid groups (broad SMARTS) is 1. The number of carboxylic acids is 1. The summed E-state index contributed by atoms with van der Waals surface area (Å²) >= 11 is 4.82. The van der Waals surface area contributed by atoms with Gasteiger partial charge in [0.1, 0.15) is 5.75 Å². The molecule has 0 bridgehead atoms. The summed E-state index contributed by atoms with van der Waals surface area (Å²) in [5.41, 5.74) is 0.888. The predicted molar refractivity (Wildman–Crippen MR) is 71.1 cm³/mol. The fourth-order valence-corrected chi connectivity index (χ4v) is 2.89. The van der Waals surface area contributed by atoms with Crippen LogP contribution in [0.25, 0.3) is 0 Å². The summed E-state index contributed by atoms with van der Waals surface area (Å²) in [4.78, 5) is 15.0. The smallest absolute Gasteiger partial charge is 0.329 e. The quantitative estimate of drug-likeness (QED) is 0.930. The first-order valence-corrected chi connectivity index (χ1v) is 6.67. The zero-order chi connectivity index (χ0) is 12.4. The maximum atomic E-state index is 10.8. The third-order valence-corrected chi connectivity index (χ3v) is 4.09. The number of carbonyl (C=O) groups is 1. The number of benzene rings is 1. The van der Waals surface area contributed by atoms with Gasteiger partial charge in [0, 0.05) is 11.3 Å². The van der Waals surface area contributed by atoms with E-state index in [-0.39, 0.29) is 0 Å². The van der Waals surface area contributed by atoms with Gasteiger partial charge in [-0.05, 0) is 28.1 Å². The van der Waals surface area contributed by atoms with E-state index in [1.807, 2.05) is 18.2 Å². The minimum Gasteiger partial charge on any atom is -0.496 e. The summed E-state index contributed by atoms with van der Waals surface area (Å²) < 4.78 is 6.06. The van der Waals surface area contributed by atoms with Gasteiger partial charge in [0.15, 0.2) is 6.04 Å². The highest BCUT2D eigenvalue weighted by molar-refractivity contribution is 9.10. The van der Waals surface area contributed by atoms with Gasteiger partial charge in [-0.1, -0.05) is 6.07 Å². The molecule has 0 amide bonds. The lowest BCUT2D eigenvalue weighted by Crippen LogP contribution is -2.17. The molecule has 1 aliphatic rings. The lowest BCUT2D eigenvalue weighted by molar-refractivity contribution is -0.137. The van der Waals surface area contributed by atoms with Gasteiger partial charge in [-0.3, -0.25) is 4.99 Å². The molecule has 17 heavy (non-hydrogen) atoms. The minimum absolute atomic E-state index is 0.489. The normalized spacial score (nSPS) is 18.9. The Morgan fingerprint density at radius 3 is 3.00 bits per heavy atom. The average Bonchev–Trinajstić information content (AvgIpc) is 2.79. The third-order valence-electron chi connectivity index (χ3n) is 2.33. The summed E-state index contributed by atoms with van der Waals surface area (Å²) in [7, 11) is 1.59. The maximum absolute atomic E-state index is 10.8. The Morgan fingerprint density at radius 1 is 1.65 bits per heavy atom. The molecule has 1 N–H and O–H groups in total. The van der Waals surface area contributed by atoms with Gasteiger partial charge in [-0.15, -0.1) is 11.8 Å². The van der Waals surface area contributed by atoms with E-state index in [0.29, 0.717) is 11.5 Å². The highest BCUT2D eigenvalue weighted by Gasteiger charge is 2.25.